The van der Waals surface area contributed by atoms with Crippen LogP contribution in [0.15, 0.2) is 24.3 Å². The van der Waals surface area contributed by atoms with Gasteiger partial charge in [0.25, 0.3) is 0 Å². The Balaban J connectivity index is 2.24. The predicted octanol–water partition coefficient (Wildman–Crippen LogP) is 4.03. The summed E-state index contributed by atoms with van der Waals surface area (Å²) >= 11 is 1.67. The molecule has 108 valence electrons. The van der Waals surface area contributed by atoms with Gasteiger partial charge < -0.3 is 10.2 Å². The molecular formula is C15H20FN3S. The fraction of sp³-hybridized carbons (Fsp3) is 0.400. The van der Waals surface area contributed by atoms with Gasteiger partial charge in [-0.15, -0.1) is 0 Å². The number of thiazole rings is 1. The number of benzene rings is 1. The quantitative estimate of drug-likeness (QED) is 0.902. The summed E-state index contributed by atoms with van der Waals surface area (Å²) in [5, 5.41) is 4.33. The van der Waals surface area contributed by atoms with E-state index in [1.54, 1.807) is 23.5 Å². The van der Waals surface area contributed by atoms with E-state index >= 15 is 0 Å². The molecule has 0 saturated carbocycles. The van der Waals surface area contributed by atoms with Crippen LogP contribution < -0.4 is 10.2 Å². The number of aryl methyl sites for hydroxylation is 1. The Morgan fingerprint density at radius 2 is 2.00 bits per heavy atom. The molecule has 0 aliphatic rings. The molecule has 1 N–H and O–H groups in total. The zero-order chi connectivity index (χ0) is 14.7. The predicted molar refractivity (Wildman–Crippen MR) is 83.4 cm³/mol. The third-order valence-corrected chi connectivity index (χ3v) is 4.64. The molecule has 0 radical (unpaired) electrons. The van der Waals surface area contributed by atoms with E-state index in [2.05, 4.69) is 24.1 Å². The van der Waals surface area contributed by atoms with Crippen LogP contribution in [0.4, 0.5) is 15.2 Å². The third kappa shape index (κ3) is 3.16. The van der Waals surface area contributed by atoms with Crippen molar-refractivity contribution in [2.75, 3.05) is 18.5 Å². The van der Waals surface area contributed by atoms with Crippen LogP contribution in [-0.2, 0) is 0 Å². The molecule has 1 heterocycles. The highest BCUT2D eigenvalue weighted by molar-refractivity contribution is 7.15. The second kappa shape index (κ2) is 6.33. The molecule has 0 spiro atoms. The lowest BCUT2D eigenvalue weighted by molar-refractivity contribution is 0.603. The van der Waals surface area contributed by atoms with Gasteiger partial charge in [0.05, 0.1) is 5.69 Å². The number of anilines is 2. The van der Waals surface area contributed by atoms with Crippen molar-refractivity contribution in [1.82, 2.24) is 10.3 Å². The largest absolute Gasteiger partial charge is 0.321 e. The molecule has 1 aromatic carbocycles. The molecule has 0 fully saturated rings. The molecule has 0 saturated heterocycles. The molecule has 0 aliphatic heterocycles. The van der Waals surface area contributed by atoms with Crippen molar-refractivity contribution in [3.63, 3.8) is 0 Å². The molecule has 1 atom stereocenters. The molecule has 0 bridgehead atoms. The second-order valence-corrected chi connectivity index (χ2v) is 5.77. The van der Waals surface area contributed by atoms with E-state index < -0.39 is 0 Å². The monoisotopic (exact) mass is 293 g/mol. The Morgan fingerprint density at radius 3 is 2.60 bits per heavy atom. The van der Waals surface area contributed by atoms with Crippen LogP contribution in [0, 0.1) is 12.7 Å². The smallest absolute Gasteiger partial charge is 0.190 e. The van der Waals surface area contributed by atoms with E-state index in [9.17, 15) is 4.39 Å². The van der Waals surface area contributed by atoms with Crippen LogP contribution in [-0.4, -0.2) is 18.6 Å². The second-order valence-electron chi connectivity index (χ2n) is 4.76. The number of aromatic nitrogens is 1. The number of nitrogens with one attached hydrogen (secondary N) is 1. The molecule has 2 aromatic rings. The molecule has 5 heteroatoms. The van der Waals surface area contributed by atoms with E-state index in [0.717, 1.165) is 23.1 Å². The summed E-state index contributed by atoms with van der Waals surface area (Å²) in [6.07, 6.45) is 0. The fourth-order valence-electron chi connectivity index (χ4n) is 2.11. The van der Waals surface area contributed by atoms with Gasteiger partial charge in [-0.25, -0.2) is 9.37 Å². The van der Waals surface area contributed by atoms with Gasteiger partial charge in [0, 0.05) is 23.7 Å². The van der Waals surface area contributed by atoms with E-state index in [-0.39, 0.29) is 5.82 Å². The molecule has 0 amide bonds. The SMILES string of the molecule is CCNC(C)c1sc(N(C)c2ccc(F)cc2)nc1C. The summed E-state index contributed by atoms with van der Waals surface area (Å²) in [7, 11) is 1.95. The van der Waals surface area contributed by atoms with Gasteiger partial charge in [0.1, 0.15) is 5.82 Å². The lowest BCUT2D eigenvalue weighted by atomic mass is 10.2. The van der Waals surface area contributed by atoms with E-state index in [4.69, 9.17) is 0 Å². The maximum atomic E-state index is 13.0. The molecule has 3 nitrogen and oxygen atoms in total. The van der Waals surface area contributed by atoms with Gasteiger partial charge in [-0.1, -0.05) is 18.3 Å². The van der Waals surface area contributed by atoms with E-state index in [0.29, 0.717) is 6.04 Å². The van der Waals surface area contributed by atoms with Crippen molar-refractivity contribution < 1.29 is 4.39 Å². The Labute approximate surface area is 123 Å². The van der Waals surface area contributed by atoms with E-state index in [1.165, 1.54) is 17.0 Å². The molecule has 2 rings (SSSR count). The van der Waals surface area contributed by atoms with Crippen LogP contribution in [0.25, 0.3) is 0 Å². The van der Waals surface area contributed by atoms with Crippen molar-refractivity contribution >= 4 is 22.2 Å². The minimum absolute atomic E-state index is 0.223. The highest BCUT2D eigenvalue weighted by Gasteiger charge is 2.16. The van der Waals surface area contributed by atoms with Crippen LogP contribution >= 0.6 is 11.3 Å². The maximum absolute atomic E-state index is 13.0. The standard InChI is InChI=1S/C15H20FN3S/c1-5-17-10(2)14-11(3)18-15(20-14)19(4)13-8-6-12(16)7-9-13/h6-10,17H,5H2,1-4H3. The summed E-state index contributed by atoms with van der Waals surface area (Å²) in [5.74, 6) is -0.223. The Morgan fingerprint density at radius 1 is 1.35 bits per heavy atom. The highest BCUT2D eigenvalue weighted by atomic mass is 32.1. The van der Waals surface area contributed by atoms with Gasteiger partial charge in [-0.3, -0.25) is 0 Å². The summed E-state index contributed by atoms with van der Waals surface area (Å²) in [6.45, 7) is 7.20. The lowest BCUT2D eigenvalue weighted by Crippen LogP contribution is -2.17. The topological polar surface area (TPSA) is 28.2 Å². The van der Waals surface area contributed by atoms with Crippen molar-refractivity contribution in [2.45, 2.75) is 26.8 Å². The van der Waals surface area contributed by atoms with Crippen LogP contribution in [0.2, 0.25) is 0 Å². The first-order valence-corrected chi connectivity index (χ1v) is 7.54. The zero-order valence-electron chi connectivity index (χ0n) is 12.3. The average Bonchev–Trinajstić information content (AvgIpc) is 2.81. The van der Waals surface area contributed by atoms with Crippen LogP contribution in [0.5, 0.6) is 0 Å². The number of nitrogens with zero attached hydrogens (tertiary/aromatic N) is 2. The number of halogens is 1. The number of hydrogen-bond donors (Lipinski definition) is 1. The minimum atomic E-state index is -0.223. The molecule has 1 aromatic heterocycles. The maximum Gasteiger partial charge on any atom is 0.190 e. The number of rotatable bonds is 5. The lowest BCUT2D eigenvalue weighted by Gasteiger charge is -2.15. The highest BCUT2D eigenvalue weighted by Crippen LogP contribution is 2.33. The van der Waals surface area contributed by atoms with Crippen molar-refractivity contribution in [1.29, 1.82) is 0 Å². The van der Waals surface area contributed by atoms with Gasteiger partial charge in [0.15, 0.2) is 5.13 Å². The molecular weight excluding hydrogens is 273 g/mol. The average molecular weight is 293 g/mol. The molecule has 0 aliphatic carbocycles. The number of hydrogen-bond acceptors (Lipinski definition) is 4. The summed E-state index contributed by atoms with van der Waals surface area (Å²) in [4.78, 5) is 7.85. The summed E-state index contributed by atoms with van der Waals surface area (Å²) < 4.78 is 13.0. The first-order chi connectivity index (χ1) is 9.52. The molecule has 20 heavy (non-hydrogen) atoms. The van der Waals surface area contributed by atoms with Gasteiger partial charge >= 0.3 is 0 Å². The minimum Gasteiger partial charge on any atom is -0.321 e. The summed E-state index contributed by atoms with van der Waals surface area (Å²) in [6, 6.07) is 6.76. The van der Waals surface area contributed by atoms with Crippen molar-refractivity contribution in [2.24, 2.45) is 0 Å². The van der Waals surface area contributed by atoms with Gasteiger partial charge in [-0.2, -0.15) is 0 Å². The third-order valence-electron chi connectivity index (χ3n) is 3.23. The zero-order valence-corrected chi connectivity index (χ0v) is 13.1. The van der Waals surface area contributed by atoms with Gasteiger partial charge in [-0.05, 0) is 44.7 Å². The summed E-state index contributed by atoms with van der Waals surface area (Å²) in [5.41, 5.74) is 1.98. The Hall–Kier alpha value is -1.46. The normalized spacial score (nSPS) is 12.4. The first kappa shape index (κ1) is 14.9. The first-order valence-electron chi connectivity index (χ1n) is 6.73. The van der Waals surface area contributed by atoms with Crippen molar-refractivity contribution in [3.8, 4) is 0 Å². The van der Waals surface area contributed by atoms with Crippen LogP contribution in [0.3, 0.4) is 0 Å². The van der Waals surface area contributed by atoms with Crippen molar-refractivity contribution in [3.05, 3.63) is 40.7 Å². The van der Waals surface area contributed by atoms with E-state index in [1.807, 2.05) is 18.9 Å². The fourth-order valence-corrected chi connectivity index (χ4v) is 3.19. The Kier molecular flexibility index (Phi) is 4.73. The molecule has 1 unspecified atom stereocenters. The Bertz CT molecular complexity index is 565. The van der Waals surface area contributed by atoms with Crippen LogP contribution in [0.1, 0.15) is 30.5 Å². The van der Waals surface area contributed by atoms with Gasteiger partial charge in [0.2, 0.25) is 0 Å².